The van der Waals surface area contributed by atoms with Gasteiger partial charge in [0.25, 0.3) is 0 Å². The summed E-state index contributed by atoms with van der Waals surface area (Å²) < 4.78 is 5.71. The largest absolute Gasteiger partial charge is 0.480 e. The molecular formula is C46H49N5O4. The van der Waals surface area contributed by atoms with E-state index in [1.54, 1.807) is 0 Å². The molecule has 0 radical (unpaired) electrons. The standard InChI is InChI=1S/C46H49N5O4/c52-44(53)42(47-45(54)55-31-41-39-28-12-10-26-37(39)38-27-11-13-29-40(38)41)30-43-48-49-50-51(43)36-24-14-22-35(23-15-25-36)46(32-16-4-1-5-17-32,33-18-6-2-7-19-33)34-20-8-3-9-21-34/h1-13,16-21,26-29,35-36,41-43,48-50H,14-15,22-25,30-31H2,(H,47,54)(H,52,53)/t35?,36?,42-,43?/m0/s1. The Morgan fingerprint density at radius 1 is 0.709 bits per heavy atom. The SMILES string of the molecule is O=C(N[C@@H](CC1NNNN1C1CCCC(C(c2ccccc2)(c2ccccc2)c2ccccc2)CCC1)C(=O)O)OCC1c2ccccc2-c2ccccc21. The van der Waals surface area contributed by atoms with Gasteiger partial charge < -0.3 is 15.2 Å². The summed E-state index contributed by atoms with van der Waals surface area (Å²) in [5, 5.41) is 15.0. The molecule has 8 rings (SSSR count). The quantitative estimate of drug-likeness (QED) is 0.0871. The predicted molar refractivity (Wildman–Crippen MR) is 213 cm³/mol. The Labute approximate surface area is 323 Å². The lowest BCUT2D eigenvalue weighted by atomic mass is 9.59. The Morgan fingerprint density at radius 3 is 1.71 bits per heavy atom. The van der Waals surface area contributed by atoms with Crippen molar-refractivity contribution >= 4 is 12.1 Å². The number of alkyl carbamates (subject to hydrolysis) is 1. The number of hydrogen-bond donors (Lipinski definition) is 5. The Bertz CT molecular complexity index is 1910. The highest BCUT2D eigenvalue weighted by molar-refractivity contribution is 5.81. The third-order valence-electron chi connectivity index (χ3n) is 12.0. The van der Waals surface area contributed by atoms with Crippen LogP contribution in [0.5, 0.6) is 0 Å². The van der Waals surface area contributed by atoms with E-state index in [9.17, 15) is 14.7 Å². The van der Waals surface area contributed by atoms with E-state index >= 15 is 0 Å². The molecule has 9 nitrogen and oxygen atoms in total. The van der Waals surface area contributed by atoms with E-state index < -0.39 is 18.1 Å². The van der Waals surface area contributed by atoms with Crippen LogP contribution in [-0.2, 0) is 14.9 Å². The second kappa shape index (κ2) is 16.6. The van der Waals surface area contributed by atoms with E-state index in [1.165, 1.54) is 16.7 Å². The van der Waals surface area contributed by atoms with Gasteiger partial charge in [-0.25, -0.2) is 20.0 Å². The van der Waals surface area contributed by atoms with Crippen LogP contribution >= 0.6 is 0 Å². The number of carboxylic acid groups (broad SMARTS) is 1. The van der Waals surface area contributed by atoms with Crippen LogP contribution in [-0.4, -0.2) is 47.0 Å². The minimum Gasteiger partial charge on any atom is -0.480 e. The van der Waals surface area contributed by atoms with Gasteiger partial charge in [0.1, 0.15) is 12.6 Å². The molecule has 2 fully saturated rings. The van der Waals surface area contributed by atoms with Crippen molar-refractivity contribution in [2.24, 2.45) is 5.92 Å². The molecule has 0 aromatic heterocycles. The molecule has 5 N–H and O–H groups in total. The van der Waals surface area contributed by atoms with Gasteiger partial charge in [0.05, 0.1) is 6.17 Å². The van der Waals surface area contributed by atoms with Crippen LogP contribution < -0.4 is 21.8 Å². The molecule has 55 heavy (non-hydrogen) atoms. The number of nitrogens with zero attached hydrogens (tertiary/aromatic N) is 1. The summed E-state index contributed by atoms with van der Waals surface area (Å²) in [5.74, 6) is -0.849. The van der Waals surface area contributed by atoms with E-state index in [1.807, 2.05) is 24.3 Å². The predicted octanol–water partition coefficient (Wildman–Crippen LogP) is 7.90. The van der Waals surface area contributed by atoms with E-state index in [0.717, 1.165) is 60.8 Å². The van der Waals surface area contributed by atoms with Gasteiger partial charge in [0, 0.05) is 23.8 Å². The summed E-state index contributed by atoms with van der Waals surface area (Å²) in [6.07, 6.45) is 5.00. The highest BCUT2D eigenvalue weighted by Crippen LogP contribution is 2.50. The lowest BCUT2D eigenvalue weighted by Crippen LogP contribution is -2.52. The van der Waals surface area contributed by atoms with Crippen LogP contribution in [0.2, 0.25) is 0 Å². The van der Waals surface area contributed by atoms with Gasteiger partial charge in [0.2, 0.25) is 0 Å². The molecule has 5 aromatic carbocycles. The maximum atomic E-state index is 13.1. The summed E-state index contributed by atoms with van der Waals surface area (Å²) >= 11 is 0. The molecule has 2 aliphatic carbocycles. The highest BCUT2D eigenvalue weighted by Gasteiger charge is 2.44. The van der Waals surface area contributed by atoms with Crippen LogP contribution in [0, 0.1) is 5.92 Å². The van der Waals surface area contributed by atoms with Gasteiger partial charge in [-0.1, -0.05) is 152 Å². The van der Waals surface area contributed by atoms with E-state index in [2.05, 4.69) is 142 Å². The molecule has 0 bridgehead atoms. The zero-order valence-corrected chi connectivity index (χ0v) is 30.9. The molecule has 1 aliphatic heterocycles. The molecule has 1 unspecified atom stereocenters. The molecule has 3 aliphatic rings. The lowest BCUT2D eigenvalue weighted by Gasteiger charge is -2.44. The zero-order chi connectivity index (χ0) is 37.6. The summed E-state index contributed by atoms with van der Waals surface area (Å²) in [6, 6.07) is 48.2. The first-order valence-corrected chi connectivity index (χ1v) is 19.6. The van der Waals surface area contributed by atoms with Crippen molar-refractivity contribution in [3.63, 3.8) is 0 Å². The van der Waals surface area contributed by atoms with Crippen molar-refractivity contribution < 1.29 is 19.4 Å². The van der Waals surface area contributed by atoms with Crippen molar-refractivity contribution in [1.82, 2.24) is 26.8 Å². The van der Waals surface area contributed by atoms with Gasteiger partial charge in [0.15, 0.2) is 0 Å². The number of carbonyl (C=O) groups is 2. The average Bonchev–Trinajstić information content (AvgIpc) is 3.81. The highest BCUT2D eigenvalue weighted by atomic mass is 16.5. The van der Waals surface area contributed by atoms with Gasteiger partial charge in [-0.05, 0) is 70.5 Å². The van der Waals surface area contributed by atoms with E-state index in [4.69, 9.17) is 4.74 Å². The summed E-state index contributed by atoms with van der Waals surface area (Å²) in [5.41, 5.74) is 17.6. The molecule has 2 atom stereocenters. The van der Waals surface area contributed by atoms with Crippen LogP contribution in [0.25, 0.3) is 11.1 Å². The third-order valence-corrected chi connectivity index (χ3v) is 12.0. The molecule has 9 heteroatoms. The van der Waals surface area contributed by atoms with Crippen LogP contribution in [0.1, 0.15) is 78.7 Å². The van der Waals surface area contributed by atoms with Crippen LogP contribution in [0.3, 0.4) is 0 Å². The number of hydrogen-bond acceptors (Lipinski definition) is 7. The molecule has 0 spiro atoms. The zero-order valence-electron chi connectivity index (χ0n) is 30.9. The van der Waals surface area contributed by atoms with E-state index in [-0.39, 0.29) is 36.6 Å². The fourth-order valence-electron chi connectivity index (χ4n) is 9.58. The fourth-order valence-corrected chi connectivity index (χ4v) is 9.58. The van der Waals surface area contributed by atoms with E-state index in [0.29, 0.717) is 5.92 Å². The third kappa shape index (κ3) is 7.41. The number of carboxylic acids is 1. The Hall–Kier alpha value is -5.32. The number of nitrogens with one attached hydrogen (secondary N) is 4. The Morgan fingerprint density at radius 2 is 1.20 bits per heavy atom. The van der Waals surface area contributed by atoms with Crippen LogP contribution in [0.4, 0.5) is 4.79 Å². The Kier molecular flexibility index (Phi) is 11.1. The molecule has 5 aromatic rings. The maximum absolute atomic E-state index is 13.1. The first-order valence-electron chi connectivity index (χ1n) is 19.6. The average molecular weight is 736 g/mol. The number of fused-ring (bicyclic) bond motifs is 3. The molecule has 1 amide bonds. The van der Waals surface area contributed by atoms with Crippen molar-refractivity contribution in [3.8, 4) is 11.1 Å². The Balaban J connectivity index is 0.932. The topological polar surface area (TPSA) is 115 Å². The smallest absolute Gasteiger partial charge is 0.407 e. The number of amides is 1. The first kappa shape index (κ1) is 36.6. The molecule has 1 saturated heterocycles. The van der Waals surface area contributed by atoms with Crippen molar-refractivity contribution in [2.75, 3.05) is 6.61 Å². The van der Waals surface area contributed by atoms with Crippen molar-refractivity contribution in [2.45, 2.75) is 74.5 Å². The number of benzene rings is 5. The molecular weight excluding hydrogens is 687 g/mol. The lowest BCUT2D eigenvalue weighted by molar-refractivity contribution is -0.140. The van der Waals surface area contributed by atoms with Gasteiger partial charge in [-0.3, -0.25) is 0 Å². The molecule has 1 heterocycles. The number of hydrazine groups is 3. The van der Waals surface area contributed by atoms with Gasteiger partial charge >= 0.3 is 12.1 Å². The second-order valence-corrected chi connectivity index (χ2v) is 15.0. The minimum absolute atomic E-state index is 0.112. The summed E-state index contributed by atoms with van der Waals surface area (Å²) in [7, 11) is 0. The monoisotopic (exact) mass is 735 g/mol. The van der Waals surface area contributed by atoms with Crippen LogP contribution in [0.15, 0.2) is 140 Å². The fraction of sp³-hybridized carbons (Fsp3) is 0.304. The van der Waals surface area contributed by atoms with Crippen molar-refractivity contribution in [1.29, 1.82) is 0 Å². The number of rotatable bonds is 11. The normalized spacial score (nSPS) is 20.8. The molecule has 282 valence electrons. The maximum Gasteiger partial charge on any atom is 0.407 e. The second-order valence-electron chi connectivity index (χ2n) is 15.0. The number of ether oxygens (including phenoxy) is 1. The minimum atomic E-state index is -1.15. The molecule has 1 saturated carbocycles. The summed E-state index contributed by atoms with van der Waals surface area (Å²) in [4.78, 5) is 25.7. The van der Waals surface area contributed by atoms with Gasteiger partial charge in [-0.15, -0.1) is 0 Å². The summed E-state index contributed by atoms with van der Waals surface area (Å²) in [6.45, 7) is 0.117. The number of carbonyl (C=O) groups excluding carboxylic acids is 1. The number of aliphatic carboxylic acids is 1. The first-order chi connectivity index (χ1) is 27.0. The van der Waals surface area contributed by atoms with Gasteiger partial charge in [-0.2, -0.15) is 11.1 Å². The van der Waals surface area contributed by atoms with Crippen molar-refractivity contribution in [3.05, 3.63) is 167 Å².